The quantitative estimate of drug-likeness (QED) is 0.135. The van der Waals surface area contributed by atoms with Gasteiger partial charge in [-0.3, -0.25) is 0 Å². The molecule has 2 saturated heterocycles. The number of benzene rings is 2. The Morgan fingerprint density at radius 3 is 1.52 bits per heavy atom. The molecule has 2 aliphatic heterocycles. The zero-order chi connectivity index (χ0) is 34.0. The molecule has 2 fully saturated rings. The van der Waals surface area contributed by atoms with Gasteiger partial charge in [0.1, 0.15) is 36.6 Å². The Balaban J connectivity index is 1.38. The summed E-state index contributed by atoms with van der Waals surface area (Å²) in [7, 11) is 0. The van der Waals surface area contributed by atoms with E-state index in [0.717, 1.165) is 0 Å². The normalized spacial score (nSPS) is 32.7. The minimum absolute atomic E-state index is 0.0204. The van der Waals surface area contributed by atoms with Gasteiger partial charge in [0.2, 0.25) is 12.6 Å². The molecule has 16 heteroatoms. The summed E-state index contributed by atoms with van der Waals surface area (Å²) in [5.74, 6) is -4.06. The predicted octanol–water partition coefficient (Wildman–Crippen LogP) is -1.30. The lowest BCUT2D eigenvalue weighted by molar-refractivity contribution is -0.271. The van der Waals surface area contributed by atoms with Gasteiger partial charge in [-0.1, -0.05) is 26.0 Å². The first-order chi connectivity index (χ1) is 21.6. The zero-order valence-corrected chi connectivity index (χ0v) is 24.7. The molecule has 2 aliphatic rings. The number of aromatic hydroxyl groups is 2. The number of aliphatic hydroxyl groups excluding tert-OH is 6. The first-order valence-corrected chi connectivity index (χ1v) is 14.4. The summed E-state index contributed by atoms with van der Waals surface area (Å²) in [5.41, 5.74) is 1.41. The highest BCUT2D eigenvalue weighted by atomic mass is 16.7. The third-order valence-corrected chi connectivity index (χ3v) is 8.25. The third-order valence-electron chi connectivity index (χ3n) is 8.25. The van der Waals surface area contributed by atoms with Crippen molar-refractivity contribution >= 4 is 11.9 Å². The highest BCUT2D eigenvalue weighted by Crippen LogP contribution is 2.35. The van der Waals surface area contributed by atoms with Crippen LogP contribution in [-0.2, 0) is 31.9 Å². The minimum Gasteiger partial charge on any atom is -0.504 e. The molecule has 0 aromatic heterocycles. The lowest BCUT2D eigenvalue weighted by Gasteiger charge is -2.38. The largest absolute Gasteiger partial charge is 0.504 e. The summed E-state index contributed by atoms with van der Waals surface area (Å²) in [6.45, 7) is 3.94. The van der Waals surface area contributed by atoms with Crippen LogP contribution in [0.2, 0.25) is 0 Å². The van der Waals surface area contributed by atoms with Gasteiger partial charge in [0.15, 0.2) is 35.2 Å². The van der Waals surface area contributed by atoms with E-state index < -0.39 is 73.4 Å². The van der Waals surface area contributed by atoms with Gasteiger partial charge in [0, 0.05) is 0 Å². The van der Waals surface area contributed by atoms with Crippen molar-refractivity contribution in [2.24, 2.45) is 11.8 Å². The molecule has 254 valence electrons. The van der Waals surface area contributed by atoms with E-state index >= 15 is 0 Å². The molecule has 0 radical (unpaired) electrons. The molecule has 12 atom stereocenters. The Morgan fingerprint density at radius 2 is 1.07 bits per heavy atom. The van der Waals surface area contributed by atoms with Crippen molar-refractivity contribution in [3.05, 3.63) is 47.5 Å². The lowest BCUT2D eigenvalue weighted by atomic mass is 9.85. The number of aliphatic carboxylic acids is 2. The van der Waals surface area contributed by atoms with E-state index in [1.165, 1.54) is 24.3 Å². The van der Waals surface area contributed by atoms with Crippen molar-refractivity contribution in [1.29, 1.82) is 0 Å². The summed E-state index contributed by atoms with van der Waals surface area (Å²) in [4.78, 5) is 22.7. The second-order valence-corrected chi connectivity index (χ2v) is 11.7. The molecule has 2 heterocycles. The minimum atomic E-state index is -1.89. The molecule has 0 aliphatic carbocycles. The highest BCUT2D eigenvalue weighted by Gasteiger charge is 2.49. The highest BCUT2D eigenvalue weighted by molar-refractivity contribution is 5.74. The summed E-state index contributed by atoms with van der Waals surface area (Å²) in [5, 5.41) is 99.5. The van der Waals surface area contributed by atoms with Crippen LogP contribution < -0.4 is 9.47 Å². The van der Waals surface area contributed by atoms with E-state index in [-0.39, 0.29) is 34.8 Å². The van der Waals surface area contributed by atoms with Crippen molar-refractivity contribution in [1.82, 2.24) is 0 Å². The summed E-state index contributed by atoms with van der Waals surface area (Å²) in [6.07, 6.45) is -17.2. The van der Waals surface area contributed by atoms with Crippen molar-refractivity contribution in [2.45, 2.75) is 88.1 Å². The summed E-state index contributed by atoms with van der Waals surface area (Å²) >= 11 is 0. The van der Waals surface area contributed by atoms with Crippen LogP contribution in [0, 0.1) is 11.8 Å². The van der Waals surface area contributed by atoms with E-state index in [9.17, 15) is 60.7 Å². The molecule has 0 amide bonds. The number of hydrogen-bond acceptors (Lipinski definition) is 14. The molecule has 4 rings (SSSR count). The number of phenolic OH excluding ortho intramolecular Hbond substituents is 2. The summed E-state index contributed by atoms with van der Waals surface area (Å²) in [6, 6.07) is 8.93. The maximum Gasteiger partial charge on any atom is 0.335 e. The number of hydrogen-bond donors (Lipinski definition) is 10. The first kappa shape index (κ1) is 35.1. The second-order valence-electron chi connectivity index (χ2n) is 11.7. The molecule has 0 spiro atoms. The van der Waals surface area contributed by atoms with Crippen LogP contribution in [0.5, 0.6) is 23.0 Å². The molecular weight excluding hydrogens is 616 g/mol. The van der Waals surface area contributed by atoms with Crippen molar-refractivity contribution in [3.63, 3.8) is 0 Å². The molecule has 0 unspecified atom stereocenters. The topological polar surface area (TPSA) is 273 Å². The van der Waals surface area contributed by atoms with Crippen molar-refractivity contribution in [2.75, 3.05) is 0 Å². The lowest BCUT2D eigenvalue weighted by Crippen LogP contribution is -2.61. The number of ether oxygens (including phenoxy) is 4. The maximum atomic E-state index is 11.4. The average Bonchev–Trinajstić information content (AvgIpc) is 2.99. The van der Waals surface area contributed by atoms with Gasteiger partial charge < -0.3 is 70.0 Å². The van der Waals surface area contributed by atoms with Gasteiger partial charge >= 0.3 is 11.9 Å². The van der Waals surface area contributed by atoms with Gasteiger partial charge in [0.25, 0.3) is 0 Å². The molecule has 0 saturated carbocycles. The molecule has 16 nitrogen and oxygen atoms in total. The fraction of sp³-hybridized carbons (Fsp3) is 0.533. The zero-order valence-electron chi connectivity index (χ0n) is 24.7. The fourth-order valence-corrected chi connectivity index (χ4v) is 5.26. The van der Waals surface area contributed by atoms with Gasteiger partial charge in [0.05, 0.1) is 0 Å². The van der Waals surface area contributed by atoms with Gasteiger partial charge in [-0.2, -0.15) is 0 Å². The van der Waals surface area contributed by atoms with Gasteiger partial charge in [-0.25, -0.2) is 9.59 Å². The molecule has 46 heavy (non-hydrogen) atoms. The van der Waals surface area contributed by atoms with Crippen molar-refractivity contribution < 1.29 is 79.6 Å². The van der Waals surface area contributed by atoms with Crippen LogP contribution in [-0.4, -0.2) is 124 Å². The molecular formula is C30H38O16. The molecule has 2 aromatic rings. The van der Waals surface area contributed by atoms with Crippen LogP contribution in [0.4, 0.5) is 0 Å². The number of phenols is 2. The van der Waals surface area contributed by atoms with Crippen molar-refractivity contribution in [3.8, 4) is 23.0 Å². The Bertz CT molecular complexity index is 1380. The molecule has 0 bridgehead atoms. The molecule has 2 aromatic carbocycles. The van der Waals surface area contributed by atoms with Crippen LogP contribution in [0.15, 0.2) is 36.4 Å². The summed E-state index contributed by atoms with van der Waals surface area (Å²) < 4.78 is 21.2. The standard InChI is InChI=1S/C30H38O16/c1-11(7-13-4-6-17(16(32)9-13)43-29-23(37)19(33)21(35)25(45-29)27(39)40)12(2)8-14-3-5-15(31)18(10-14)44-30-24(38)20(34)22(36)26(46-30)28(41)42/h3-6,9-12,19-26,29-38H,7-8H2,1-2H3,(H,39,40)(H,41,42)/t11-,12+,19+,20+,21+,22+,23-,24-,25+,26+,29-,30-/m1/s1. The second kappa shape index (κ2) is 14.4. The number of carboxylic acid groups (broad SMARTS) is 2. The number of carbonyl (C=O) groups is 2. The third kappa shape index (κ3) is 7.62. The monoisotopic (exact) mass is 654 g/mol. The number of carboxylic acids is 2. The number of aliphatic hydroxyl groups is 6. The van der Waals surface area contributed by atoms with Gasteiger partial charge in [-0.05, 0) is 60.1 Å². The SMILES string of the molecule is C[C@H](Cc1ccc(O[C@@H]2O[C@H](C(=O)O)[C@@H](O)[C@H](O)[C@H]2O)c(O)c1)[C@@H](C)Cc1ccc(O)c(O[C@@H]2O[C@H](C(=O)O)[C@@H](O)[C@H](O)[C@H]2O)c1. The Kier molecular flexibility index (Phi) is 11.0. The fourth-order valence-electron chi connectivity index (χ4n) is 5.26. The smallest absolute Gasteiger partial charge is 0.335 e. The van der Waals surface area contributed by atoms with E-state index in [2.05, 4.69) is 0 Å². The predicted molar refractivity (Wildman–Crippen MR) is 152 cm³/mol. The maximum absolute atomic E-state index is 11.4. The Morgan fingerprint density at radius 1 is 0.630 bits per heavy atom. The van der Waals surface area contributed by atoms with E-state index in [0.29, 0.717) is 24.0 Å². The van der Waals surface area contributed by atoms with Gasteiger partial charge in [-0.15, -0.1) is 0 Å². The van der Waals surface area contributed by atoms with Crippen LogP contribution in [0.1, 0.15) is 25.0 Å². The number of rotatable bonds is 11. The molecule has 10 N–H and O–H groups in total. The van der Waals surface area contributed by atoms with E-state index in [1.807, 2.05) is 13.8 Å². The Hall–Kier alpha value is -3.74. The van der Waals surface area contributed by atoms with E-state index in [1.54, 1.807) is 12.1 Å². The van der Waals surface area contributed by atoms with E-state index in [4.69, 9.17) is 18.9 Å². The average molecular weight is 655 g/mol. The first-order valence-electron chi connectivity index (χ1n) is 14.4. The van der Waals surface area contributed by atoms with Crippen LogP contribution >= 0.6 is 0 Å². The van der Waals surface area contributed by atoms with Crippen LogP contribution in [0.3, 0.4) is 0 Å². The van der Waals surface area contributed by atoms with Crippen LogP contribution in [0.25, 0.3) is 0 Å². The Labute approximate surface area is 262 Å².